The zero-order valence-corrected chi connectivity index (χ0v) is 25.3. The van der Waals surface area contributed by atoms with Crippen LogP contribution in [-0.2, 0) is 5.41 Å². The Morgan fingerprint density at radius 2 is 1.36 bits per heavy atom. The van der Waals surface area contributed by atoms with E-state index in [9.17, 15) is 0 Å². The Balaban J connectivity index is 1.68. The normalized spacial score (nSPS) is 27.3. The van der Waals surface area contributed by atoms with E-state index < -0.39 is 8.24 Å². The van der Waals surface area contributed by atoms with Crippen LogP contribution in [0.4, 0.5) is 0 Å². The van der Waals surface area contributed by atoms with Gasteiger partial charge < -0.3 is 4.57 Å². The molecule has 0 saturated heterocycles. The molecule has 0 bridgehead atoms. The van der Waals surface area contributed by atoms with Crippen LogP contribution in [-0.4, -0.2) is 23.9 Å². The summed E-state index contributed by atoms with van der Waals surface area (Å²) in [6, 6.07) is 20.6. The Labute approximate surface area is 221 Å². The summed E-state index contributed by atoms with van der Waals surface area (Å²) in [5.41, 5.74) is 8.63. The lowest BCUT2D eigenvalue weighted by atomic mass is 9.73. The van der Waals surface area contributed by atoms with Gasteiger partial charge in [-0.3, -0.25) is 0 Å². The van der Waals surface area contributed by atoms with Crippen LogP contribution in [0.1, 0.15) is 84.4 Å². The first kappa shape index (κ1) is 25.7. The van der Waals surface area contributed by atoms with Crippen LogP contribution >= 0.6 is 0 Å². The molecular formula is C34H47NSi. The van der Waals surface area contributed by atoms with Gasteiger partial charge in [-0.1, -0.05) is 93.7 Å². The third-order valence-electron chi connectivity index (χ3n) is 9.51. The minimum atomic E-state index is -1.87. The summed E-state index contributed by atoms with van der Waals surface area (Å²) in [4.78, 5) is 0. The van der Waals surface area contributed by atoms with Crippen molar-refractivity contribution in [1.29, 1.82) is 0 Å². The number of fused-ring (bicyclic) bond motifs is 4. The van der Waals surface area contributed by atoms with Gasteiger partial charge in [0.25, 0.3) is 0 Å². The van der Waals surface area contributed by atoms with E-state index in [1.54, 1.807) is 5.57 Å². The molecule has 0 aromatic heterocycles. The minimum Gasteiger partial charge on any atom is -0.314 e. The highest BCUT2D eigenvalue weighted by Gasteiger charge is 2.56. The van der Waals surface area contributed by atoms with Crippen molar-refractivity contribution in [2.75, 3.05) is 0 Å². The van der Waals surface area contributed by atoms with E-state index in [0.717, 1.165) is 0 Å². The Kier molecular flexibility index (Phi) is 5.93. The maximum Gasteiger partial charge on any atom is 0.127 e. The second-order valence-electron chi connectivity index (χ2n) is 14.7. The predicted octanol–water partition coefficient (Wildman–Crippen LogP) is 9.20. The molecular weight excluding hydrogens is 450 g/mol. The number of hydrogen-bond acceptors (Lipinski definition) is 1. The molecule has 2 aromatic rings. The fourth-order valence-corrected chi connectivity index (χ4v) is 14.9. The summed E-state index contributed by atoms with van der Waals surface area (Å²) >= 11 is 0. The van der Waals surface area contributed by atoms with Gasteiger partial charge in [0.05, 0.1) is 0 Å². The third-order valence-corrected chi connectivity index (χ3v) is 14.4. The van der Waals surface area contributed by atoms with Crippen molar-refractivity contribution in [3.8, 4) is 0 Å². The van der Waals surface area contributed by atoms with Crippen molar-refractivity contribution < 1.29 is 0 Å². The van der Waals surface area contributed by atoms with Gasteiger partial charge in [-0.25, -0.2) is 0 Å². The molecule has 2 heteroatoms. The number of benzene rings is 2. The molecule has 1 nitrogen and oxygen atoms in total. The zero-order chi connectivity index (χ0) is 26.3. The molecule has 192 valence electrons. The van der Waals surface area contributed by atoms with E-state index >= 15 is 0 Å². The molecule has 5 rings (SSSR count). The second kappa shape index (κ2) is 8.30. The molecule has 0 amide bonds. The van der Waals surface area contributed by atoms with Gasteiger partial charge >= 0.3 is 0 Å². The van der Waals surface area contributed by atoms with Gasteiger partial charge in [0.1, 0.15) is 8.24 Å². The average molecular weight is 498 g/mol. The van der Waals surface area contributed by atoms with E-state index in [0.29, 0.717) is 23.3 Å². The smallest absolute Gasteiger partial charge is 0.127 e. The topological polar surface area (TPSA) is 3.24 Å². The summed E-state index contributed by atoms with van der Waals surface area (Å²) in [6.07, 6.45) is 6.77. The second-order valence-corrected chi connectivity index (χ2v) is 19.2. The number of hydrogen-bond donors (Lipinski definition) is 0. The van der Waals surface area contributed by atoms with E-state index in [2.05, 4.69) is 140 Å². The van der Waals surface area contributed by atoms with Gasteiger partial charge in [-0.05, 0) is 99.1 Å². The van der Waals surface area contributed by atoms with E-state index in [1.165, 1.54) is 28.7 Å². The number of nitrogens with zero attached hydrogens (tertiary/aromatic N) is 1. The maximum atomic E-state index is 2.95. The fraction of sp³-hybridized carbons (Fsp3) is 0.529. The molecule has 3 aliphatic rings. The van der Waals surface area contributed by atoms with Gasteiger partial charge in [0.15, 0.2) is 0 Å². The largest absolute Gasteiger partial charge is 0.314 e. The first-order valence-electron chi connectivity index (χ1n) is 14.0. The van der Waals surface area contributed by atoms with Crippen molar-refractivity contribution in [1.82, 2.24) is 4.57 Å². The van der Waals surface area contributed by atoms with Crippen LogP contribution in [0.2, 0.25) is 18.6 Å². The van der Waals surface area contributed by atoms with Crippen molar-refractivity contribution in [3.05, 3.63) is 89.0 Å². The molecule has 3 aliphatic carbocycles. The monoisotopic (exact) mass is 497 g/mol. The molecule has 0 radical (unpaired) electrons. The van der Waals surface area contributed by atoms with Crippen molar-refractivity contribution >= 4 is 13.8 Å². The molecule has 36 heavy (non-hydrogen) atoms. The molecule has 0 spiro atoms. The van der Waals surface area contributed by atoms with Gasteiger partial charge in [0.2, 0.25) is 0 Å². The van der Waals surface area contributed by atoms with Crippen LogP contribution in [0.15, 0.2) is 72.3 Å². The minimum absolute atomic E-state index is 0.0719. The molecule has 1 fully saturated rings. The summed E-state index contributed by atoms with van der Waals surface area (Å²) < 4.78 is 2.95. The van der Waals surface area contributed by atoms with Crippen LogP contribution in [0.5, 0.6) is 0 Å². The standard InChI is InChI=1S/C34H47NSi/c1-32(2,3)35(33(4,5)6)36(9,10)31-22-25(23-16-12-11-13-17-23)26-21-30-27(20-28(26)31)24-18-14-15-19-29(24)34(30,7)8/h11-21,25-26,28,31H,22H2,1-10H3. The maximum absolute atomic E-state index is 2.95. The molecule has 4 atom stereocenters. The van der Waals surface area contributed by atoms with Crippen molar-refractivity contribution in [3.63, 3.8) is 0 Å². The molecule has 0 heterocycles. The Morgan fingerprint density at radius 3 is 1.97 bits per heavy atom. The molecule has 2 aromatic carbocycles. The summed E-state index contributed by atoms with van der Waals surface area (Å²) in [5.74, 6) is 1.74. The summed E-state index contributed by atoms with van der Waals surface area (Å²) in [6.45, 7) is 24.8. The van der Waals surface area contributed by atoms with E-state index in [4.69, 9.17) is 0 Å². The number of allylic oxidation sites excluding steroid dienone is 4. The van der Waals surface area contributed by atoms with Gasteiger partial charge in [-0.15, -0.1) is 0 Å². The highest BCUT2D eigenvalue weighted by molar-refractivity contribution is 6.76. The quantitative estimate of drug-likeness (QED) is 0.382. The van der Waals surface area contributed by atoms with E-state index in [1.807, 2.05) is 0 Å². The molecule has 0 N–H and O–H groups in total. The SMILES string of the molecule is CC1(C)C2=CC3C(c4ccccc4)CC([Si](C)(C)N(C(C)(C)C)C(C)(C)C)C3C=C2c2ccccc21. The Hall–Kier alpha value is -1.90. The number of rotatable bonds is 3. The molecule has 1 saturated carbocycles. The van der Waals surface area contributed by atoms with Crippen LogP contribution in [0.25, 0.3) is 5.57 Å². The van der Waals surface area contributed by atoms with Crippen molar-refractivity contribution in [2.45, 2.75) is 103 Å². The highest BCUT2D eigenvalue weighted by Crippen LogP contribution is 2.63. The molecule has 4 unspecified atom stereocenters. The molecule has 0 aliphatic heterocycles. The van der Waals surface area contributed by atoms with Gasteiger partial charge in [-0.2, -0.15) is 0 Å². The predicted molar refractivity (Wildman–Crippen MR) is 159 cm³/mol. The first-order valence-corrected chi connectivity index (χ1v) is 17.1. The Morgan fingerprint density at radius 1 is 0.778 bits per heavy atom. The van der Waals surface area contributed by atoms with E-state index in [-0.39, 0.29) is 16.5 Å². The fourth-order valence-electron chi connectivity index (χ4n) is 9.05. The third kappa shape index (κ3) is 3.91. The lowest BCUT2D eigenvalue weighted by Crippen LogP contribution is -2.67. The van der Waals surface area contributed by atoms with Crippen LogP contribution in [0, 0.1) is 11.8 Å². The van der Waals surface area contributed by atoms with Crippen LogP contribution < -0.4 is 0 Å². The average Bonchev–Trinajstić information content (AvgIpc) is 3.25. The Bertz CT molecular complexity index is 1190. The van der Waals surface area contributed by atoms with Crippen LogP contribution in [0.3, 0.4) is 0 Å². The lowest BCUT2D eigenvalue weighted by Gasteiger charge is -2.57. The summed E-state index contributed by atoms with van der Waals surface area (Å²) in [7, 11) is -1.87. The van der Waals surface area contributed by atoms with Crippen molar-refractivity contribution in [2.24, 2.45) is 11.8 Å². The zero-order valence-electron chi connectivity index (χ0n) is 24.3. The first-order chi connectivity index (χ1) is 16.6. The lowest BCUT2D eigenvalue weighted by molar-refractivity contribution is 0.122. The summed E-state index contributed by atoms with van der Waals surface area (Å²) in [5, 5.41) is 0. The van der Waals surface area contributed by atoms with Gasteiger partial charge in [0, 0.05) is 16.5 Å². The highest BCUT2D eigenvalue weighted by atomic mass is 28.3.